The molecule has 0 fully saturated rings. The maximum atomic E-state index is 10.5. The van der Waals surface area contributed by atoms with Gasteiger partial charge < -0.3 is 15.9 Å². The molecular formula is C9H9I2NO3. The molecule has 82 valence electrons. The number of hydrogen-bond acceptors (Lipinski definition) is 3. The number of nitrogens with two attached hydrogens (primary N) is 1. The summed E-state index contributed by atoms with van der Waals surface area (Å²) in [4.78, 5) is 10.5. The molecule has 0 aliphatic rings. The molecule has 4 nitrogen and oxygen atoms in total. The SMILES string of the molecule is N[C@@H](CC(=O)O)c1cc(I)cc(I)c1O. The third-order valence-corrected chi connectivity index (χ3v) is 3.30. The molecule has 0 unspecified atom stereocenters. The number of phenols is 1. The number of hydrogen-bond donors (Lipinski definition) is 3. The Morgan fingerprint density at radius 3 is 2.60 bits per heavy atom. The van der Waals surface area contributed by atoms with Crippen molar-refractivity contribution in [3.63, 3.8) is 0 Å². The van der Waals surface area contributed by atoms with Gasteiger partial charge in [-0.25, -0.2) is 0 Å². The lowest BCUT2D eigenvalue weighted by Gasteiger charge is -2.13. The maximum absolute atomic E-state index is 10.5. The van der Waals surface area contributed by atoms with Gasteiger partial charge in [-0.05, 0) is 57.3 Å². The highest BCUT2D eigenvalue weighted by Gasteiger charge is 2.16. The third-order valence-electron chi connectivity index (χ3n) is 1.85. The van der Waals surface area contributed by atoms with Crippen LogP contribution in [0.5, 0.6) is 5.75 Å². The van der Waals surface area contributed by atoms with Crippen molar-refractivity contribution in [2.45, 2.75) is 12.5 Å². The average molecular weight is 433 g/mol. The quantitative estimate of drug-likeness (QED) is 0.638. The summed E-state index contributed by atoms with van der Waals surface area (Å²) in [6.07, 6.45) is -0.191. The molecular weight excluding hydrogens is 424 g/mol. The summed E-state index contributed by atoms with van der Waals surface area (Å²) in [6, 6.07) is 2.82. The topological polar surface area (TPSA) is 83.6 Å². The highest BCUT2D eigenvalue weighted by Crippen LogP contribution is 2.31. The van der Waals surface area contributed by atoms with Gasteiger partial charge in [0.05, 0.1) is 9.99 Å². The summed E-state index contributed by atoms with van der Waals surface area (Å²) >= 11 is 4.08. The molecule has 0 saturated heterocycles. The highest BCUT2D eigenvalue weighted by molar-refractivity contribution is 14.1. The minimum Gasteiger partial charge on any atom is -0.506 e. The molecule has 4 N–H and O–H groups in total. The Labute approximate surface area is 114 Å². The van der Waals surface area contributed by atoms with Gasteiger partial charge in [0.15, 0.2) is 0 Å². The molecule has 1 aromatic carbocycles. The Kier molecular flexibility index (Phi) is 4.59. The number of benzene rings is 1. The predicted molar refractivity (Wildman–Crippen MR) is 72.7 cm³/mol. The lowest BCUT2D eigenvalue weighted by molar-refractivity contribution is -0.137. The van der Waals surface area contributed by atoms with Gasteiger partial charge >= 0.3 is 5.97 Å². The monoisotopic (exact) mass is 433 g/mol. The largest absolute Gasteiger partial charge is 0.506 e. The van der Waals surface area contributed by atoms with Crippen LogP contribution in [0, 0.1) is 7.14 Å². The molecule has 1 atom stereocenters. The number of carboxylic acids is 1. The maximum Gasteiger partial charge on any atom is 0.305 e. The van der Waals surface area contributed by atoms with Crippen molar-refractivity contribution in [3.05, 3.63) is 24.8 Å². The zero-order chi connectivity index (χ0) is 11.6. The molecule has 0 heterocycles. The van der Waals surface area contributed by atoms with Crippen LogP contribution in [0.1, 0.15) is 18.0 Å². The van der Waals surface area contributed by atoms with Crippen molar-refractivity contribution < 1.29 is 15.0 Å². The summed E-state index contributed by atoms with van der Waals surface area (Å²) in [5, 5.41) is 18.3. The van der Waals surface area contributed by atoms with Crippen molar-refractivity contribution in [1.82, 2.24) is 0 Å². The van der Waals surface area contributed by atoms with Crippen LogP contribution in [-0.2, 0) is 4.79 Å². The van der Waals surface area contributed by atoms with E-state index in [0.29, 0.717) is 9.13 Å². The zero-order valence-corrected chi connectivity index (χ0v) is 11.9. The molecule has 0 aromatic heterocycles. The molecule has 0 radical (unpaired) electrons. The fourth-order valence-electron chi connectivity index (χ4n) is 1.17. The molecule has 0 spiro atoms. The van der Waals surface area contributed by atoms with Crippen molar-refractivity contribution in [2.75, 3.05) is 0 Å². The van der Waals surface area contributed by atoms with Crippen LogP contribution in [0.3, 0.4) is 0 Å². The van der Waals surface area contributed by atoms with Gasteiger partial charge in [0.1, 0.15) is 5.75 Å². The number of rotatable bonds is 3. The fourth-order valence-corrected chi connectivity index (χ4v) is 3.06. The van der Waals surface area contributed by atoms with E-state index in [-0.39, 0.29) is 12.2 Å². The van der Waals surface area contributed by atoms with E-state index < -0.39 is 12.0 Å². The first-order valence-corrected chi connectivity index (χ1v) is 6.23. The number of carbonyl (C=O) groups is 1. The fraction of sp³-hybridized carbons (Fsp3) is 0.222. The Bertz CT molecular complexity index is 395. The smallest absolute Gasteiger partial charge is 0.305 e. The molecule has 0 aliphatic carbocycles. The third kappa shape index (κ3) is 3.45. The lowest BCUT2D eigenvalue weighted by atomic mass is 10.0. The summed E-state index contributed by atoms with van der Waals surface area (Å²) in [5.74, 6) is -0.902. The van der Waals surface area contributed by atoms with Crippen LogP contribution in [-0.4, -0.2) is 16.2 Å². The Morgan fingerprint density at radius 1 is 1.47 bits per heavy atom. The van der Waals surface area contributed by atoms with Gasteiger partial charge in [-0.2, -0.15) is 0 Å². The molecule has 0 bridgehead atoms. The second-order valence-corrected chi connectivity index (χ2v) is 5.44. The second kappa shape index (κ2) is 5.30. The second-order valence-electron chi connectivity index (χ2n) is 3.03. The summed E-state index contributed by atoms with van der Waals surface area (Å²) < 4.78 is 1.60. The summed E-state index contributed by atoms with van der Waals surface area (Å²) in [5.41, 5.74) is 6.17. The summed E-state index contributed by atoms with van der Waals surface area (Å²) in [6.45, 7) is 0. The van der Waals surface area contributed by atoms with E-state index in [4.69, 9.17) is 10.8 Å². The van der Waals surface area contributed by atoms with Gasteiger partial charge in [0.2, 0.25) is 0 Å². The molecule has 0 aliphatic heterocycles. The zero-order valence-electron chi connectivity index (χ0n) is 7.58. The Balaban J connectivity index is 3.07. The van der Waals surface area contributed by atoms with Crippen molar-refractivity contribution in [1.29, 1.82) is 0 Å². The first-order valence-electron chi connectivity index (χ1n) is 4.07. The van der Waals surface area contributed by atoms with Gasteiger partial charge in [0.25, 0.3) is 0 Å². The van der Waals surface area contributed by atoms with Crippen LogP contribution < -0.4 is 5.73 Å². The van der Waals surface area contributed by atoms with Crippen molar-refractivity contribution in [2.24, 2.45) is 5.73 Å². The normalized spacial score (nSPS) is 12.5. The van der Waals surface area contributed by atoms with Crippen LogP contribution in [0.15, 0.2) is 12.1 Å². The Hall–Kier alpha value is -0.0900. The van der Waals surface area contributed by atoms with E-state index in [9.17, 15) is 9.90 Å². The van der Waals surface area contributed by atoms with E-state index in [1.54, 1.807) is 12.1 Å². The number of aromatic hydroxyl groups is 1. The number of aliphatic carboxylic acids is 1. The van der Waals surface area contributed by atoms with Gasteiger partial charge in [-0.15, -0.1) is 0 Å². The minimum absolute atomic E-state index is 0.0739. The first kappa shape index (κ1) is 13.0. The lowest BCUT2D eigenvalue weighted by Crippen LogP contribution is -2.15. The van der Waals surface area contributed by atoms with Gasteiger partial charge in [-0.3, -0.25) is 4.79 Å². The highest BCUT2D eigenvalue weighted by atomic mass is 127. The van der Waals surface area contributed by atoms with E-state index >= 15 is 0 Å². The number of phenolic OH excluding ortho intramolecular Hbond substituents is 1. The Morgan fingerprint density at radius 2 is 2.07 bits per heavy atom. The first-order chi connectivity index (χ1) is 6.91. The van der Waals surface area contributed by atoms with E-state index in [0.717, 1.165) is 3.57 Å². The molecule has 1 aromatic rings. The molecule has 0 amide bonds. The van der Waals surface area contributed by atoms with Gasteiger partial charge in [-0.1, -0.05) is 0 Å². The number of halogens is 2. The van der Waals surface area contributed by atoms with Crippen molar-refractivity contribution in [3.8, 4) is 5.75 Å². The molecule has 1 rings (SSSR count). The van der Waals surface area contributed by atoms with E-state index in [1.807, 2.05) is 22.6 Å². The van der Waals surface area contributed by atoms with Crippen LogP contribution in [0.4, 0.5) is 0 Å². The number of carboxylic acid groups (broad SMARTS) is 1. The predicted octanol–water partition coefficient (Wildman–Crippen LogP) is 2.08. The van der Waals surface area contributed by atoms with E-state index in [2.05, 4.69) is 22.6 Å². The molecule has 0 saturated carbocycles. The van der Waals surface area contributed by atoms with Crippen LogP contribution in [0.2, 0.25) is 0 Å². The molecule has 15 heavy (non-hydrogen) atoms. The van der Waals surface area contributed by atoms with E-state index in [1.165, 1.54) is 0 Å². The van der Waals surface area contributed by atoms with Gasteiger partial charge in [0, 0.05) is 15.2 Å². The average Bonchev–Trinajstić information content (AvgIpc) is 2.09. The van der Waals surface area contributed by atoms with Crippen LogP contribution in [0.25, 0.3) is 0 Å². The molecule has 6 heteroatoms. The summed E-state index contributed by atoms with van der Waals surface area (Å²) in [7, 11) is 0. The van der Waals surface area contributed by atoms with Crippen LogP contribution >= 0.6 is 45.2 Å². The van der Waals surface area contributed by atoms with Crippen molar-refractivity contribution >= 4 is 51.2 Å². The standard InChI is InChI=1S/C9H9I2NO3/c10-4-1-5(7(12)3-8(13)14)9(15)6(11)2-4/h1-2,7,15H,3,12H2,(H,13,14)/t7-/m0/s1. The minimum atomic E-state index is -0.976.